The summed E-state index contributed by atoms with van der Waals surface area (Å²) in [5.41, 5.74) is 4.90. The van der Waals surface area contributed by atoms with Gasteiger partial charge in [-0.05, 0) is 54.7 Å². The summed E-state index contributed by atoms with van der Waals surface area (Å²) in [4.78, 5) is 0. The second kappa shape index (κ2) is 4.91. The van der Waals surface area contributed by atoms with Crippen molar-refractivity contribution < 1.29 is 9.50 Å². The number of hydrogen-bond donors (Lipinski definition) is 1. The molecule has 2 rings (SSSR count). The monoisotopic (exact) mass is 244 g/mol. The minimum atomic E-state index is -0.226. The Morgan fingerprint density at radius 3 is 2.44 bits per heavy atom. The highest BCUT2D eigenvalue weighted by Gasteiger charge is 2.13. The van der Waals surface area contributed by atoms with Crippen LogP contribution in [0, 0.1) is 26.6 Å². The van der Waals surface area contributed by atoms with Crippen LogP contribution in [0.3, 0.4) is 0 Å². The van der Waals surface area contributed by atoms with Gasteiger partial charge in [-0.3, -0.25) is 0 Å². The lowest BCUT2D eigenvalue weighted by molar-refractivity contribution is 0.281. The fraction of sp³-hybridized carbons (Fsp3) is 0.250. The van der Waals surface area contributed by atoms with Gasteiger partial charge in [-0.15, -0.1) is 0 Å². The van der Waals surface area contributed by atoms with E-state index >= 15 is 0 Å². The fourth-order valence-corrected chi connectivity index (χ4v) is 2.27. The molecule has 0 saturated heterocycles. The number of rotatable bonds is 2. The summed E-state index contributed by atoms with van der Waals surface area (Å²) >= 11 is 0. The van der Waals surface area contributed by atoms with Crippen molar-refractivity contribution in [3.05, 3.63) is 58.4 Å². The molecule has 0 aromatic heterocycles. The van der Waals surface area contributed by atoms with Gasteiger partial charge in [0.1, 0.15) is 5.82 Å². The summed E-state index contributed by atoms with van der Waals surface area (Å²) in [6.07, 6.45) is 0. The second-order valence-electron chi connectivity index (χ2n) is 4.69. The standard InChI is InChI=1S/C16H17FO/c1-10-5-4-6-13(7-10)14-8-11(2)16(17)12(3)15(14)9-18/h4-8,18H,9H2,1-3H3. The molecule has 0 saturated carbocycles. The maximum Gasteiger partial charge on any atom is 0.129 e. The zero-order chi connectivity index (χ0) is 13.3. The Morgan fingerprint density at radius 1 is 1.11 bits per heavy atom. The lowest BCUT2D eigenvalue weighted by atomic mass is 9.93. The van der Waals surface area contributed by atoms with Gasteiger partial charge in [0, 0.05) is 0 Å². The molecule has 2 aromatic carbocycles. The molecular formula is C16H17FO. The van der Waals surface area contributed by atoms with Gasteiger partial charge in [-0.1, -0.05) is 29.8 Å². The van der Waals surface area contributed by atoms with Gasteiger partial charge in [0.2, 0.25) is 0 Å². The topological polar surface area (TPSA) is 20.2 Å². The zero-order valence-electron chi connectivity index (χ0n) is 10.9. The van der Waals surface area contributed by atoms with E-state index in [0.29, 0.717) is 16.7 Å². The van der Waals surface area contributed by atoms with Crippen LogP contribution >= 0.6 is 0 Å². The largest absolute Gasteiger partial charge is 0.392 e. The first-order valence-corrected chi connectivity index (χ1v) is 6.01. The van der Waals surface area contributed by atoms with Gasteiger partial charge < -0.3 is 5.11 Å². The molecule has 0 heterocycles. The molecule has 94 valence electrons. The van der Waals surface area contributed by atoms with Crippen LogP contribution in [0.4, 0.5) is 4.39 Å². The van der Waals surface area contributed by atoms with Gasteiger partial charge in [0.15, 0.2) is 0 Å². The smallest absolute Gasteiger partial charge is 0.129 e. The molecule has 0 spiro atoms. The highest BCUT2D eigenvalue weighted by atomic mass is 19.1. The lowest BCUT2D eigenvalue weighted by Gasteiger charge is -2.14. The first-order chi connectivity index (χ1) is 8.54. The maximum atomic E-state index is 13.8. The summed E-state index contributed by atoms with van der Waals surface area (Å²) in [5, 5.41) is 9.48. The van der Waals surface area contributed by atoms with E-state index in [1.165, 1.54) is 0 Å². The molecular weight excluding hydrogens is 227 g/mol. The van der Waals surface area contributed by atoms with Gasteiger partial charge in [0.05, 0.1) is 6.61 Å². The Labute approximate surface area is 107 Å². The summed E-state index contributed by atoms with van der Waals surface area (Å²) in [6, 6.07) is 9.83. The van der Waals surface area contributed by atoms with Crippen LogP contribution in [0.2, 0.25) is 0 Å². The predicted octanol–water partition coefficient (Wildman–Crippen LogP) is 3.91. The van der Waals surface area contributed by atoms with Crippen molar-refractivity contribution >= 4 is 0 Å². The van der Waals surface area contributed by atoms with Gasteiger partial charge in [-0.25, -0.2) is 4.39 Å². The molecule has 1 N–H and O–H groups in total. The van der Waals surface area contributed by atoms with E-state index in [-0.39, 0.29) is 12.4 Å². The quantitative estimate of drug-likeness (QED) is 0.849. The molecule has 0 bridgehead atoms. The molecule has 0 aliphatic rings. The van der Waals surface area contributed by atoms with E-state index in [2.05, 4.69) is 0 Å². The van der Waals surface area contributed by atoms with E-state index in [1.807, 2.05) is 37.3 Å². The molecule has 0 aliphatic carbocycles. The van der Waals surface area contributed by atoms with E-state index in [0.717, 1.165) is 16.7 Å². The normalized spacial score (nSPS) is 10.7. The molecule has 2 heteroatoms. The van der Waals surface area contributed by atoms with Crippen LogP contribution < -0.4 is 0 Å². The van der Waals surface area contributed by atoms with Gasteiger partial charge in [0.25, 0.3) is 0 Å². The molecule has 0 atom stereocenters. The Morgan fingerprint density at radius 2 is 1.83 bits per heavy atom. The number of aryl methyl sites for hydroxylation is 2. The van der Waals surface area contributed by atoms with E-state index in [1.54, 1.807) is 13.8 Å². The van der Waals surface area contributed by atoms with Crippen LogP contribution in [0.5, 0.6) is 0 Å². The van der Waals surface area contributed by atoms with E-state index < -0.39 is 0 Å². The average molecular weight is 244 g/mol. The first kappa shape index (κ1) is 12.8. The summed E-state index contributed by atoms with van der Waals surface area (Å²) in [7, 11) is 0. The molecule has 2 aromatic rings. The Balaban J connectivity index is 2.71. The molecule has 0 radical (unpaired) electrons. The van der Waals surface area contributed by atoms with Crippen LogP contribution in [0.15, 0.2) is 30.3 Å². The number of benzene rings is 2. The van der Waals surface area contributed by atoms with Gasteiger partial charge >= 0.3 is 0 Å². The summed E-state index contributed by atoms with van der Waals surface area (Å²) in [5.74, 6) is -0.226. The SMILES string of the molecule is Cc1cccc(-c2cc(C)c(F)c(C)c2CO)c1. The molecule has 0 amide bonds. The van der Waals surface area contributed by atoms with E-state index in [9.17, 15) is 9.50 Å². The molecule has 0 unspecified atom stereocenters. The minimum absolute atomic E-state index is 0.147. The maximum absolute atomic E-state index is 13.8. The first-order valence-electron chi connectivity index (χ1n) is 6.01. The van der Waals surface area contributed by atoms with Crippen molar-refractivity contribution in [1.29, 1.82) is 0 Å². The van der Waals surface area contributed by atoms with Crippen molar-refractivity contribution in [1.82, 2.24) is 0 Å². The minimum Gasteiger partial charge on any atom is -0.392 e. The highest BCUT2D eigenvalue weighted by Crippen LogP contribution is 2.30. The Kier molecular flexibility index (Phi) is 3.48. The van der Waals surface area contributed by atoms with Crippen LogP contribution in [-0.2, 0) is 6.61 Å². The van der Waals surface area contributed by atoms with Crippen LogP contribution in [0.1, 0.15) is 22.3 Å². The van der Waals surface area contributed by atoms with E-state index in [4.69, 9.17) is 0 Å². The summed E-state index contributed by atoms with van der Waals surface area (Å²) in [6.45, 7) is 5.34. The van der Waals surface area contributed by atoms with Crippen LogP contribution in [-0.4, -0.2) is 5.11 Å². The average Bonchev–Trinajstić information content (AvgIpc) is 2.35. The lowest BCUT2D eigenvalue weighted by Crippen LogP contribution is -1.99. The summed E-state index contributed by atoms with van der Waals surface area (Å²) < 4.78 is 13.8. The number of halogens is 1. The number of aliphatic hydroxyl groups excluding tert-OH is 1. The van der Waals surface area contributed by atoms with Crippen LogP contribution in [0.25, 0.3) is 11.1 Å². The Hall–Kier alpha value is -1.67. The fourth-order valence-electron chi connectivity index (χ4n) is 2.27. The molecule has 0 fully saturated rings. The second-order valence-corrected chi connectivity index (χ2v) is 4.69. The van der Waals surface area contributed by atoms with Crippen molar-refractivity contribution in [3.63, 3.8) is 0 Å². The Bertz CT molecular complexity index is 588. The van der Waals surface area contributed by atoms with Crippen molar-refractivity contribution in [2.24, 2.45) is 0 Å². The van der Waals surface area contributed by atoms with Crippen molar-refractivity contribution in [3.8, 4) is 11.1 Å². The predicted molar refractivity (Wildman–Crippen MR) is 72.0 cm³/mol. The van der Waals surface area contributed by atoms with Crippen molar-refractivity contribution in [2.45, 2.75) is 27.4 Å². The molecule has 18 heavy (non-hydrogen) atoms. The third-order valence-corrected chi connectivity index (χ3v) is 3.30. The number of hydrogen-bond acceptors (Lipinski definition) is 1. The molecule has 0 aliphatic heterocycles. The van der Waals surface area contributed by atoms with Crippen molar-refractivity contribution in [2.75, 3.05) is 0 Å². The zero-order valence-corrected chi connectivity index (χ0v) is 10.9. The third kappa shape index (κ3) is 2.16. The van der Waals surface area contributed by atoms with Gasteiger partial charge in [-0.2, -0.15) is 0 Å². The third-order valence-electron chi connectivity index (χ3n) is 3.30. The number of aliphatic hydroxyl groups is 1. The highest BCUT2D eigenvalue weighted by molar-refractivity contribution is 5.70. The molecule has 1 nitrogen and oxygen atoms in total.